The molecular formula is C16H14BrN5O. The summed E-state index contributed by atoms with van der Waals surface area (Å²) in [6.45, 7) is 0. The Labute approximate surface area is 141 Å². The van der Waals surface area contributed by atoms with Gasteiger partial charge in [0.15, 0.2) is 5.82 Å². The van der Waals surface area contributed by atoms with Crippen molar-refractivity contribution in [3.8, 4) is 11.4 Å². The minimum absolute atomic E-state index is 0.633. The number of methoxy groups -OCH3 is 1. The second-order valence-electron chi connectivity index (χ2n) is 4.63. The number of aromatic nitrogens is 4. The van der Waals surface area contributed by atoms with Crippen molar-refractivity contribution in [2.45, 2.75) is 0 Å². The van der Waals surface area contributed by atoms with Gasteiger partial charge in [-0.2, -0.15) is 4.68 Å². The van der Waals surface area contributed by atoms with E-state index in [0.717, 1.165) is 21.6 Å². The summed E-state index contributed by atoms with van der Waals surface area (Å²) in [5.74, 6) is 1.45. The lowest BCUT2D eigenvalue weighted by molar-refractivity contribution is 0.415. The zero-order chi connectivity index (χ0) is 16.1. The van der Waals surface area contributed by atoms with Crippen molar-refractivity contribution in [2.24, 2.45) is 0 Å². The first-order chi connectivity index (χ1) is 11.3. The molecule has 23 heavy (non-hydrogen) atoms. The highest BCUT2D eigenvalue weighted by Crippen LogP contribution is 2.16. The van der Waals surface area contributed by atoms with Gasteiger partial charge in [0.05, 0.1) is 12.8 Å². The molecule has 0 fully saturated rings. The van der Waals surface area contributed by atoms with Crippen LogP contribution in [0.25, 0.3) is 11.8 Å². The average molecular weight is 372 g/mol. The van der Waals surface area contributed by atoms with E-state index in [4.69, 9.17) is 4.74 Å². The van der Waals surface area contributed by atoms with Gasteiger partial charge in [-0.05, 0) is 59.0 Å². The summed E-state index contributed by atoms with van der Waals surface area (Å²) in [4.78, 5) is 0. The van der Waals surface area contributed by atoms with Gasteiger partial charge in [-0.1, -0.05) is 15.9 Å². The summed E-state index contributed by atoms with van der Waals surface area (Å²) < 4.78 is 7.80. The molecule has 0 atom stereocenters. The largest absolute Gasteiger partial charge is 0.497 e. The highest BCUT2D eigenvalue weighted by Gasteiger charge is 2.04. The summed E-state index contributed by atoms with van der Waals surface area (Å²) in [5, 5.41) is 14.9. The monoisotopic (exact) mass is 371 g/mol. The number of hydrogen-bond acceptors (Lipinski definition) is 5. The fourth-order valence-electron chi connectivity index (χ4n) is 1.96. The van der Waals surface area contributed by atoms with Crippen LogP contribution in [0.15, 0.2) is 59.2 Å². The maximum Gasteiger partial charge on any atom is 0.181 e. The molecule has 7 heteroatoms. The van der Waals surface area contributed by atoms with Crippen molar-refractivity contribution in [2.75, 3.05) is 12.4 Å². The van der Waals surface area contributed by atoms with Crippen LogP contribution in [0.2, 0.25) is 0 Å². The third-order valence-electron chi connectivity index (χ3n) is 3.14. The molecule has 0 spiro atoms. The van der Waals surface area contributed by atoms with Gasteiger partial charge in [-0.3, -0.25) is 0 Å². The number of halogens is 1. The van der Waals surface area contributed by atoms with Crippen LogP contribution >= 0.6 is 15.9 Å². The molecule has 0 unspecified atom stereocenters. The lowest BCUT2D eigenvalue weighted by atomic mass is 10.3. The van der Waals surface area contributed by atoms with Crippen LogP contribution in [0.5, 0.6) is 5.75 Å². The highest BCUT2D eigenvalue weighted by molar-refractivity contribution is 9.10. The smallest absolute Gasteiger partial charge is 0.181 e. The molecule has 2 aromatic carbocycles. The van der Waals surface area contributed by atoms with Gasteiger partial charge >= 0.3 is 0 Å². The SMILES string of the molecule is COc1ccc(NC=Cc2nnnn2-c2ccc(Br)cc2)cc1. The Bertz CT molecular complexity index is 796. The van der Waals surface area contributed by atoms with Crippen LogP contribution in [-0.4, -0.2) is 27.3 Å². The molecule has 1 aromatic heterocycles. The van der Waals surface area contributed by atoms with E-state index >= 15 is 0 Å². The topological polar surface area (TPSA) is 64.9 Å². The van der Waals surface area contributed by atoms with Crippen LogP contribution in [0.1, 0.15) is 5.82 Å². The van der Waals surface area contributed by atoms with E-state index in [-0.39, 0.29) is 0 Å². The van der Waals surface area contributed by atoms with Gasteiger partial charge < -0.3 is 10.1 Å². The van der Waals surface area contributed by atoms with Crippen LogP contribution < -0.4 is 10.1 Å². The number of nitrogens with zero attached hydrogens (tertiary/aromatic N) is 4. The molecule has 0 saturated carbocycles. The minimum Gasteiger partial charge on any atom is -0.497 e. The first kappa shape index (κ1) is 15.2. The van der Waals surface area contributed by atoms with Crippen LogP contribution in [0.4, 0.5) is 5.69 Å². The van der Waals surface area contributed by atoms with Crippen LogP contribution in [0.3, 0.4) is 0 Å². The summed E-state index contributed by atoms with van der Waals surface area (Å²) in [6, 6.07) is 15.4. The van der Waals surface area contributed by atoms with Crippen molar-refractivity contribution in [3.05, 3.63) is 65.0 Å². The van der Waals surface area contributed by atoms with E-state index in [0.29, 0.717) is 5.82 Å². The number of benzene rings is 2. The van der Waals surface area contributed by atoms with Crippen molar-refractivity contribution >= 4 is 27.7 Å². The lowest BCUT2D eigenvalue weighted by Crippen LogP contribution is -1.99. The fraction of sp³-hybridized carbons (Fsp3) is 0.0625. The van der Waals surface area contributed by atoms with Gasteiger partial charge in [-0.25, -0.2) is 0 Å². The van der Waals surface area contributed by atoms with Crippen molar-refractivity contribution in [3.63, 3.8) is 0 Å². The Morgan fingerprint density at radius 3 is 2.52 bits per heavy atom. The maximum atomic E-state index is 5.13. The minimum atomic E-state index is 0.633. The van der Waals surface area contributed by atoms with Gasteiger partial charge in [0.25, 0.3) is 0 Å². The standard InChI is InChI=1S/C16H14BrN5O/c1-23-15-8-4-13(5-9-15)18-11-10-16-19-20-21-22(16)14-6-2-12(17)3-7-14/h2-11,18H,1H3. The Balaban J connectivity index is 1.73. The van der Waals surface area contributed by atoms with Crippen molar-refractivity contribution < 1.29 is 4.74 Å². The number of hydrogen-bond donors (Lipinski definition) is 1. The molecule has 3 rings (SSSR count). The number of ether oxygens (including phenoxy) is 1. The molecular weight excluding hydrogens is 358 g/mol. The second kappa shape index (κ2) is 7.06. The number of nitrogens with one attached hydrogen (secondary N) is 1. The highest BCUT2D eigenvalue weighted by atomic mass is 79.9. The van der Waals surface area contributed by atoms with E-state index in [2.05, 4.69) is 36.8 Å². The van der Waals surface area contributed by atoms with Crippen molar-refractivity contribution in [1.29, 1.82) is 0 Å². The molecule has 1 N–H and O–H groups in total. The first-order valence-electron chi connectivity index (χ1n) is 6.88. The quantitative estimate of drug-likeness (QED) is 0.743. The second-order valence-corrected chi connectivity index (χ2v) is 5.55. The Morgan fingerprint density at radius 1 is 1.09 bits per heavy atom. The predicted octanol–water partition coefficient (Wildman–Crippen LogP) is 3.52. The summed E-state index contributed by atoms with van der Waals surface area (Å²) in [7, 11) is 1.64. The Kier molecular flexibility index (Phi) is 4.68. The molecule has 0 bridgehead atoms. The summed E-state index contributed by atoms with van der Waals surface area (Å²) in [5.41, 5.74) is 1.84. The lowest BCUT2D eigenvalue weighted by Gasteiger charge is -2.03. The molecule has 0 aliphatic carbocycles. The summed E-state index contributed by atoms with van der Waals surface area (Å²) in [6.07, 6.45) is 3.61. The van der Waals surface area contributed by atoms with Crippen molar-refractivity contribution in [1.82, 2.24) is 20.2 Å². The molecule has 0 saturated heterocycles. The van der Waals surface area contributed by atoms with Crippen LogP contribution in [0, 0.1) is 0 Å². The maximum absolute atomic E-state index is 5.13. The molecule has 0 aliphatic heterocycles. The fourth-order valence-corrected chi connectivity index (χ4v) is 2.23. The zero-order valence-corrected chi connectivity index (χ0v) is 13.9. The molecule has 0 aliphatic rings. The van der Waals surface area contributed by atoms with Crippen LogP contribution in [-0.2, 0) is 0 Å². The zero-order valence-electron chi connectivity index (χ0n) is 12.3. The number of anilines is 1. The molecule has 0 amide bonds. The van der Waals surface area contributed by atoms with E-state index in [1.165, 1.54) is 0 Å². The molecule has 1 heterocycles. The molecule has 6 nitrogen and oxygen atoms in total. The van der Waals surface area contributed by atoms with Gasteiger partial charge in [0, 0.05) is 22.4 Å². The normalized spacial score (nSPS) is 10.9. The molecule has 0 radical (unpaired) electrons. The summed E-state index contributed by atoms with van der Waals surface area (Å²) >= 11 is 3.41. The Morgan fingerprint density at radius 2 is 1.83 bits per heavy atom. The Hall–Kier alpha value is -2.67. The van der Waals surface area contributed by atoms with E-state index in [9.17, 15) is 0 Å². The number of rotatable bonds is 5. The van der Waals surface area contributed by atoms with Gasteiger partial charge in [-0.15, -0.1) is 5.10 Å². The molecule has 3 aromatic rings. The predicted molar refractivity (Wildman–Crippen MR) is 92.5 cm³/mol. The molecule has 116 valence electrons. The van der Waals surface area contributed by atoms with Gasteiger partial charge in [0.2, 0.25) is 0 Å². The van der Waals surface area contributed by atoms with E-state index < -0.39 is 0 Å². The van der Waals surface area contributed by atoms with E-state index in [1.54, 1.807) is 18.0 Å². The first-order valence-corrected chi connectivity index (χ1v) is 7.67. The number of tetrazole rings is 1. The van der Waals surface area contributed by atoms with E-state index in [1.807, 2.05) is 54.6 Å². The average Bonchev–Trinajstić information content (AvgIpc) is 3.05. The third kappa shape index (κ3) is 3.75. The third-order valence-corrected chi connectivity index (χ3v) is 3.67. The van der Waals surface area contributed by atoms with Gasteiger partial charge in [0.1, 0.15) is 5.75 Å².